The summed E-state index contributed by atoms with van der Waals surface area (Å²) in [5.41, 5.74) is 0. The molecule has 0 fully saturated rings. The summed E-state index contributed by atoms with van der Waals surface area (Å²) in [5.74, 6) is 1.11. The van der Waals surface area contributed by atoms with Gasteiger partial charge < -0.3 is 19.1 Å². The molecule has 1 rings (SSSR count). The monoisotopic (exact) mass is 351 g/mol. The van der Waals surface area contributed by atoms with Gasteiger partial charge in [-0.25, -0.2) is 0 Å². The lowest BCUT2D eigenvalue weighted by molar-refractivity contribution is -0.144. The van der Waals surface area contributed by atoms with E-state index >= 15 is 0 Å². The van der Waals surface area contributed by atoms with Gasteiger partial charge in [-0.1, -0.05) is 26.0 Å². The molecule has 0 aromatic heterocycles. The Morgan fingerprint density at radius 3 is 2.40 bits per heavy atom. The van der Waals surface area contributed by atoms with E-state index in [-0.39, 0.29) is 24.9 Å². The van der Waals surface area contributed by atoms with Crippen LogP contribution >= 0.6 is 0 Å². The SMILES string of the molecule is CCOC(=O)CCN(CCC(C)C)C(=O)COc1ccccc1OC. The highest BCUT2D eigenvalue weighted by Crippen LogP contribution is 2.25. The van der Waals surface area contributed by atoms with Crippen LogP contribution in [0.25, 0.3) is 0 Å². The van der Waals surface area contributed by atoms with Crippen molar-refractivity contribution in [3.63, 3.8) is 0 Å². The Hall–Kier alpha value is -2.24. The van der Waals surface area contributed by atoms with Crippen LogP contribution in [-0.4, -0.2) is 50.2 Å². The summed E-state index contributed by atoms with van der Waals surface area (Å²) in [6.07, 6.45) is 1.05. The van der Waals surface area contributed by atoms with Gasteiger partial charge in [-0.3, -0.25) is 9.59 Å². The quantitative estimate of drug-likeness (QED) is 0.574. The maximum atomic E-state index is 12.5. The van der Waals surface area contributed by atoms with Crippen LogP contribution in [-0.2, 0) is 14.3 Å². The molecule has 140 valence electrons. The Kier molecular flexibility index (Phi) is 9.43. The van der Waals surface area contributed by atoms with Crippen molar-refractivity contribution in [2.24, 2.45) is 5.92 Å². The minimum absolute atomic E-state index is 0.0959. The van der Waals surface area contributed by atoms with E-state index in [1.165, 1.54) is 0 Å². The molecule has 0 aliphatic rings. The summed E-state index contributed by atoms with van der Waals surface area (Å²) in [5, 5.41) is 0. The molecule has 6 heteroatoms. The van der Waals surface area contributed by atoms with Crippen molar-refractivity contribution >= 4 is 11.9 Å². The third-order valence-electron chi connectivity index (χ3n) is 3.64. The third kappa shape index (κ3) is 7.92. The molecule has 0 atom stereocenters. The predicted octanol–water partition coefficient (Wildman–Crippen LogP) is 2.90. The number of methoxy groups -OCH3 is 1. The van der Waals surface area contributed by atoms with Crippen LogP contribution in [0.5, 0.6) is 11.5 Å². The molecule has 25 heavy (non-hydrogen) atoms. The van der Waals surface area contributed by atoms with Gasteiger partial charge in [0, 0.05) is 13.1 Å². The van der Waals surface area contributed by atoms with Gasteiger partial charge in [0.25, 0.3) is 5.91 Å². The molecule has 6 nitrogen and oxygen atoms in total. The van der Waals surface area contributed by atoms with Gasteiger partial charge >= 0.3 is 5.97 Å². The van der Waals surface area contributed by atoms with E-state index in [2.05, 4.69) is 13.8 Å². The number of carbonyl (C=O) groups is 2. The average molecular weight is 351 g/mol. The Bertz CT molecular complexity index is 544. The lowest BCUT2D eigenvalue weighted by Gasteiger charge is -2.23. The molecule has 0 unspecified atom stereocenters. The van der Waals surface area contributed by atoms with Crippen LogP contribution in [0, 0.1) is 5.92 Å². The largest absolute Gasteiger partial charge is 0.493 e. The van der Waals surface area contributed by atoms with Gasteiger partial charge in [-0.2, -0.15) is 0 Å². The Balaban J connectivity index is 2.62. The number of hydrogen-bond acceptors (Lipinski definition) is 5. The maximum absolute atomic E-state index is 12.5. The summed E-state index contributed by atoms with van der Waals surface area (Å²) in [4.78, 5) is 25.7. The third-order valence-corrected chi connectivity index (χ3v) is 3.64. The standard InChI is InChI=1S/C19H29NO5/c1-5-24-19(22)11-13-20(12-10-15(2)3)18(21)14-25-17-9-7-6-8-16(17)23-4/h6-9,15H,5,10-14H2,1-4H3. The number of benzene rings is 1. The normalized spacial score (nSPS) is 10.4. The smallest absolute Gasteiger partial charge is 0.307 e. The number of nitrogens with zero attached hydrogens (tertiary/aromatic N) is 1. The highest BCUT2D eigenvalue weighted by molar-refractivity contribution is 5.78. The number of hydrogen-bond donors (Lipinski definition) is 0. The second kappa shape index (κ2) is 11.3. The van der Waals surface area contributed by atoms with Gasteiger partial charge in [0.1, 0.15) is 0 Å². The number of amides is 1. The Labute approximate surface area is 150 Å². The second-order valence-electron chi connectivity index (χ2n) is 6.06. The second-order valence-corrected chi connectivity index (χ2v) is 6.06. The highest BCUT2D eigenvalue weighted by atomic mass is 16.5. The summed E-state index contributed by atoms with van der Waals surface area (Å²) in [6.45, 7) is 7.13. The zero-order chi connectivity index (χ0) is 18.7. The molecule has 0 aliphatic carbocycles. The summed E-state index contributed by atoms with van der Waals surface area (Å²) < 4.78 is 15.7. The van der Waals surface area contributed by atoms with E-state index in [4.69, 9.17) is 14.2 Å². The van der Waals surface area contributed by atoms with Gasteiger partial charge in [0.15, 0.2) is 18.1 Å². The zero-order valence-corrected chi connectivity index (χ0v) is 15.6. The number of carbonyl (C=O) groups excluding carboxylic acids is 2. The lowest BCUT2D eigenvalue weighted by Crippen LogP contribution is -2.38. The van der Waals surface area contributed by atoms with Crippen LogP contribution in [0.2, 0.25) is 0 Å². The van der Waals surface area contributed by atoms with Crippen molar-refractivity contribution in [2.45, 2.75) is 33.6 Å². The first-order chi connectivity index (χ1) is 12.0. The van der Waals surface area contributed by atoms with Crippen LogP contribution < -0.4 is 9.47 Å². The number of esters is 1. The van der Waals surface area contributed by atoms with E-state index in [1.807, 2.05) is 12.1 Å². The molecular formula is C19H29NO5. The van der Waals surface area contributed by atoms with Crippen molar-refractivity contribution in [2.75, 3.05) is 33.4 Å². The van der Waals surface area contributed by atoms with Crippen molar-refractivity contribution in [1.82, 2.24) is 4.90 Å². The molecule has 0 aliphatic heterocycles. The first-order valence-electron chi connectivity index (χ1n) is 8.67. The van der Waals surface area contributed by atoms with Crippen LogP contribution in [0.15, 0.2) is 24.3 Å². The molecule has 0 saturated carbocycles. The molecule has 0 N–H and O–H groups in total. The fourth-order valence-electron chi connectivity index (χ4n) is 2.20. The maximum Gasteiger partial charge on any atom is 0.307 e. The fourth-order valence-corrected chi connectivity index (χ4v) is 2.20. The predicted molar refractivity (Wildman–Crippen MR) is 95.8 cm³/mol. The van der Waals surface area contributed by atoms with E-state index in [0.717, 1.165) is 6.42 Å². The van der Waals surface area contributed by atoms with E-state index < -0.39 is 0 Å². The van der Waals surface area contributed by atoms with Crippen LogP contribution in [0.4, 0.5) is 0 Å². The summed E-state index contributed by atoms with van der Waals surface area (Å²) in [7, 11) is 1.55. The molecule has 1 aromatic rings. The molecule has 0 bridgehead atoms. The minimum Gasteiger partial charge on any atom is -0.493 e. The Morgan fingerprint density at radius 2 is 1.80 bits per heavy atom. The molecule has 1 amide bonds. The number of ether oxygens (including phenoxy) is 3. The van der Waals surface area contributed by atoms with Crippen molar-refractivity contribution in [3.8, 4) is 11.5 Å². The number of para-hydroxylation sites is 2. The van der Waals surface area contributed by atoms with Crippen LogP contribution in [0.3, 0.4) is 0 Å². The van der Waals surface area contributed by atoms with E-state index in [1.54, 1.807) is 31.1 Å². The molecule has 0 saturated heterocycles. The fraction of sp³-hybridized carbons (Fsp3) is 0.579. The van der Waals surface area contributed by atoms with Crippen molar-refractivity contribution < 1.29 is 23.8 Å². The van der Waals surface area contributed by atoms with Gasteiger partial charge in [0.05, 0.1) is 20.1 Å². The summed E-state index contributed by atoms with van der Waals surface area (Å²) >= 11 is 0. The molecule has 0 heterocycles. The molecule has 1 aromatic carbocycles. The van der Waals surface area contributed by atoms with E-state index in [9.17, 15) is 9.59 Å². The Morgan fingerprint density at radius 1 is 1.12 bits per heavy atom. The zero-order valence-electron chi connectivity index (χ0n) is 15.6. The minimum atomic E-state index is -0.296. The topological polar surface area (TPSA) is 65.1 Å². The van der Waals surface area contributed by atoms with Gasteiger partial charge in [0.2, 0.25) is 0 Å². The van der Waals surface area contributed by atoms with Crippen molar-refractivity contribution in [3.05, 3.63) is 24.3 Å². The van der Waals surface area contributed by atoms with E-state index in [0.29, 0.717) is 37.1 Å². The number of rotatable bonds is 11. The first-order valence-corrected chi connectivity index (χ1v) is 8.67. The molecular weight excluding hydrogens is 322 g/mol. The van der Waals surface area contributed by atoms with Gasteiger partial charge in [-0.15, -0.1) is 0 Å². The van der Waals surface area contributed by atoms with Gasteiger partial charge in [-0.05, 0) is 31.4 Å². The lowest BCUT2D eigenvalue weighted by atomic mass is 10.1. The molecule has 0 spiro atoms. The average Bonchev–Trinajstić information content (AvgIpc) is 2.60. The van der Waals surface area contributed by atoms with Crippen LogP contribution in [0.1, 0.15) is 33.6 Å². The highest BCUT2D eigenvalue weighted by Gasteiger charge is 2.17. The summed E-state index contributed by atoms with van der Waals surface area (Å²) in [6, 6.07) is 7.18. The molecule has 0 radical (unpaired) electrons. The first kappa shape index (κ1) is 20.8. The van der Waals surface area contributed by atoms with Crippen molar-refractivity contribution in [1.29, 1.82) is 0 Å².